The van der Waals surface area contributed by atoms with Crippen molar-refractivity contribution in [2.24, 2.45) is 0 Å². The Labute approximate surface area is 98.3 Å². The number of benzene rings is 1. The maximum absolute atomic E-state index is 10.1. The number of rotatable bonds is 4. The number of hydrogen-bond donors (Lipinski definition) is 1. The van der Waals surface area contributed by atoms with Gasteiger partial charge < -0.3 is 9.84 Å². The van der Waals surface area contributed by atoms with Crippen molar-refractivity contribution in [3.05, 3.63) is 34.9 Å². The summed E-state index contributed by atoms with van der Waals surface area (Å²) in [4.78, 5) is 0. The SMILES string of the molecule is COC(C)(C)CC(O)c1ccc(C)c(C)c1. The quantitative estimate of drug-likeness (QED) is 0.848. The number of aliphatic hydroxyl groups is 1. The maximum Gasteiger partial charge on any atom is 0.0817 e. The van der Waals surface area contributed by atoms with Crippen LogP contribution in [-0.4, -0.2) is 17.8 Å². The molecule has 1 N–H and O–H groups in total. The van der Waals surface area contributed by atoms with Crippen LogP contribution in [0.2, 0.25) is 0 Å². The molecule has 0 radical (unpaired) electrons. The van der Waals surface area contributed by atoms with E-state index in [-0.39, 0.29) is 5.60 Å². The Morgan fingerprint density at radius 2 is 1.88 bits per heavy atom. The van der Waals surface area contributed by atoms with Crippen LogP contribution in [0, 0.1) is 13.8 Å². The number of aryl methyl sites for hydroxylation is 2. The van der Waals surface area contributed by atoms with Crippen molar-refractivity contribution < 1.29 is 9.84 Å². The van der Waals surface area contributed by atoms with Crippen LogP contribution in [0.15, 0.2) is 18.2 Å². The van der Waals surface area contributed by atoms with E-state index < -0.39 is 6.10 Å². The number of ether oxygens (including phenoxy) is 1. The van der Waals surface area contributed by atoms with Crippen molar-refractivity contribution in [1.29, 1.82) is 0 Å². The normalized spacial score (nSPS) is 13.9. The van der Waals surface area contributed by atoms with Gasteiger partial charge in [0.15, 0.2) is 0 Å². The minimum atomic E-state index is -0.464. The lowest BCUT2D eigenvalue weighted by Crippen LogP contribution is -2.25. The fourth-order valence-corrected chi connectivity index (χ4v) is 1.64. The van der Waals surface area contributed by atoms with Gasteiger partial charge in [-0.2, -0.15) is 0 Å². The van der Waals surface area contributed by atoms with E-state index in [9.17, 15) is 5.11 Å². The summed E-state index contributed by atoms with van der Waals surface area (Å²) in [5.41, 5.74) is 3.14. The molecule has 0 aliphatic carbocycles. The van der Waals surface area contributed by atoms with Crippen molar-refractivity contribution in [1.82, 2.24) is 0 Å². The molecule has 0 aromatic heterocycles. The maximum atomic E-state index is 10.1. The van der Waals surface area contributed by atoms with Gasteiger partial charge in [0, 0.05) is 13.5 Å². The van der Waals surface area contributed by atoms with Crippen molar-refractivity contribution in [3.8, 4) is 0 Å². The van der Waals surface area contributed by atoms with Crippen LogP contribution in [-0.2, 0) is 4.74 Å². The highest BCUT2D eigenvalue weighted by Gasteiger charge is 2.22. The number of hydrogen-bond acceptors (Lipinski definition) is 2. The molecule has 0 bridgehead atoms. The predicted molar refractivity (Wildman–Crippen MR) is 66.6 cm³/mol. The van der Waals surface area contributed by atoms with Crippen LogP contribution in [0.4, 0.5) is 0 Å². The molecule has 1 aromatic rings. The summed E-state index contributed by atoms with van der Waals surface area (Å²) in [5, 5.41) is 10.1. The average Bonchev–Trinajstić information content (AvgIpc) is 2.21. The van der Waals surface area contributed by atoms with E-state index in [1.165, 1.54) is 11.1 Å². The molecule has 16 heavy (non-hydrogen) atoms. The Morgan fingerprint density at radius 3 is 2.38 bits per heavy atom. The minimum Gasteiger partial charge on any atom is -0.388 e. The van der Waals surface area contributed by atoms with Gasteiger partial charge in [-0.3, -0.25) is 0 Å². The second-order valence-corrected chi connectivity index (χ2v) is 5.03. The second kappa shape index (κ2) is 4.98. The van der Waals surface area contributed by atoms with Gasteiger partial charge in [-0.05, 0) is 44.4 Å². The average molecular weight is 222 g/mol. The van der Waals surface area contributed by atoms with E-state index in [2.05, 4.69) is 13.8 Å². The van der Waals surface area contributed by atoms with Crippen molar-refractivity contribution in [2.75, 3.05) is 7.11 Å². The number of methoxy groups -OCH3 is 1. The Kier molecular flexibility index (Phi) is 4.11. The van der Waals surface area contributed by atoms with Crippen molar-refractivity contribution in [2.45, 2.75) is 45.8 Å². The molecule has 0 saturated carbocycles. The first kappa shape index (κ1) is 13.2. The zero-order valence-electron chi connectivity index (χ0n) is 10.9. The molecule has 1 unspecified atom stereocenters. The summed E-state index contributed by atoms with van der Waals surface area (Å²) in [6, 6.07) is 6.08. The summed E-state index contributed by atoms with van der Waals surface area (Å²) in [6.07, 6.45) is 0.140. The molecule has 1 rings (SSSR count). The lowest BCUT2D eigenvalue weighted by molar-refractivity contribution is -0.0201. The molecule has 0 fully saturated rings. The van der Waals surface area contributed by atoms with Crippen molar-refractivity contribution >= 4 is 0 Å². The molecular formula is C14H22O2. The van der Waals surface area contributed by atoms with E-state index >= 15 is 0 Å². The number of aliphatic hydroxyl groups excluding tert-OH is 1. The van der Waals surface area contributed by atoms with E-state index in [1.807, 2.05) is 32.0 Å². The predicted octanol–water partition coefficient (Wildman–Crippen LogP) is 3.15. The van der Waals surface area contributed by atoms with E-state index in [0.717, 1.165) is 5.56 Å². The Hall–Kier alpha value is -0.860. The van der Waals surface area contributed by atoms with E-state index in [0.29, 0.717) is 6.42 Å². The largest absolute Gasteiger partial charge is 0.388 e. The van der Waals surface area contributed by atoms with Gasteiger partial charge in [-0.15, -0.1) is 0 Å². The van der Waals surface area contributed by atoms with Gasteiger partial charge in [-0.1, -0.05) is 18.2 Å². The molecule has 2 nitrogen and oxygen atoms in total. The molecule has 0 spiro atoms. The second-order valence-electron chi connectivity index (χ2n) is 5.03. The third-order valence-corrected chi connectivity index (χ3v) is 3.15. The zero-order valence-corrected chi connectivity index (χ0v) is 10.9. The van der Waals surface area contributed by atoms with E-state index in [4.69, 9.17) is 4.74 Å². The van der Waals surface area contributed by atoms with Crippen LogP contribution < -0.4 is 0 Å². The summed E-state index contributed by atoms with van der Waals surface area (Å²) < 4.78 is 5.32. The minimum absolute atomic E-state index is 0.293. The molecular weight excluding hydrogens is 200 g/mol. The third-order valence-electron chi connectivity index (χ3n) is 3.15. The van der Waals surface area contributed by atoms with Crippen LogP contribution in [0.25, 0.3) is 0 Å². The summed E-state index contributed by atoms with van der Waals surface area (Å²) >= 11 is 0. The Balaban J connectivity index is 2.81. The fraction of sp³-hybridized carbons (Fsp3) is 0.571. The van der Waals surface area contributed by atoms with Gasteiger partial charge in [-0.25, -0.2) is 0 Å². The fourth-order valence-electron chi connectivity index (χ4n) is 1.64. The monoisotopic (exact) mass is 222 g/mol. The first-order valence-corrected chi connectivity index (χ1v) is 5.66. The van der Waals surface area contributed by atoms with E-state index in [1.54, 1.807) is 7.11 Å². The van der Waals surface area contributed by atoms with Gasteiger partial charge >= 0.3 is 0 Å². The topological polar surface area (TPSA) is 29.5 Å². The first-order valence-electron chi connectivity index (χ1n) is 5.66. The highest BCUT2D eigenvalue weighted by atomic mass is 16.5. The van der Waals surface area contributed by atoms with Gasteiger partial charge in [0.05, 0.1) is 11.7 Å². The molecule has 0 aliphatic heterocycles. The molecule has 0 amide bonds. The first-order chi connectivity index (χ1) is 7.35. The van der Waals surface area contributed by atoms with Crippen LogP contribution >= 0.6 is 0 Å². The van der Waals surface area contributed by atoms with Gasteiger partial charge in [0.25, 0.3) is 0 Å². The molecule has 0 heterocycles. The third kappa shape index (κ3) is 3.32. The highest BCUT2D eigenvalue weighted by Crippen LogP contribution is 2.26. The lowest BCUT2D eigenvalue weighted by Gasteiger charge is -2.26. The van der Waals surface area contributed by atoms with Crippen LogP contribution in [0.1, 0.15) is 43.1 Å². The van der Waals surface area contributed by atoms with Gasteiger partial charge in [0.2, 0.25) is 0 Å². The molecule has 0 saturated heterocycles. The summed E-state index contributed by atoms with van der Waals surface area (Å²) in [5.74, 6) is 0. The van der Waals surface area contributed by atoms with Crippen LogP contribution in [0.5, 0.6) is 0 Å². The summed E-state index contributed by atoms with van der Waals surface area (Å²) in [7, 11) is 1.67. The van der Waals surface area contributed by atoms with Crippen LogP contribution in [0.3, 0.4) is 0 Å². The molecule has 1 aromatic carbocycles. The Bertz CT molecular complexity index is 356. The van der Waals surface area contributed by atoms with Crippen molar-refractivity contribution in [3.63, 3.8) is 0 Å². The Morgan fingerprint density at radius 1 is 1.25 bits per heavy atom. The standard InChI is InChI=1S/C14H22O2/c1-10-6-7-12(8-11(10)2)13(15)9-14(3,4)16-5/h6-8,13,15H,9H2,1-5H3. The van der Waals surface area contributed by atoms with Gasteiger partial charge in [0.1, 0.15) is 0 Å². The summed E-state index contributed by atoms with van der Waals surface area (Å²) in [6.45, 7) is 8.10. The molecule has 0 aliphatic rings. The highest BCUT2D eigenvalue weighted by molar-refractivity contribution is 5.31. The molecule has 1 atom stereocenters. The molecule has 2 heteroatoms. The zero-order chi connectivity index (χ0) is 12.3. The lowest BCUT2D eigenvalue weighted by atomic mass is 9.94. The molecule has 90 valence electrons. The smallest absolute Gasteiger partial charge is 0.0817 e.